The Morgan fingerprint density at radius 2 is 1.95 bits per heavy atom. The maximum absolute atomic E-state index is 13.7. The van der Waals surface area contributed by atoms with E-state index in [0.717, 1.165) is 14.6 Å². The van der Waals surface area contributed by atoms with Crippen LogP contribution in [-0.2, 0) is 0 Å². The Bertz CT molecular complexity index is 888. The van der Waals surface area contributed by atoms with E-state index in [2.05, 4.69) is 36.8 Å². The first-order chi connectivity index (χ1) is 9.47. The Hall–Kier alpha value is -0.690. The van der Waals surface area contributed by atoms with E-state index in [-0.39, 0.29) is 5.02 Å². The smallest absolute Gasteiger partial charge is 0.182 e. The van der Waals surface area contributed by atoms with E-state index in [0.29, 0.717) is 15.8 Å². The van der Waals surface area contributed by atoms with E-state index < -0.39 is 5.82 Å². The Morgan fingerprint density at radius 1 is 1.20 bits per heavy atom. The summed E-state index contributed by atoms with van der Waals surface area (Å²) in [5.41, 5.74) is 2.14. The number of fused-ring (bicyclic) bond motifs is 1. The SMILES string of the molecule is Fc1cc2c(cc1Cl)[nH]c(=S)n2-c1cc(Br)ccc1Br. The van der Waals surface area contributed by atoms with Crippen LogP contribution < -0.4 is 0 Å². The van der Waals surface area contributed by atoms with Gasteiger partial charge in [-0.15, -0.1) is 0 Å². The summed E-state index contributed by atoms with van der Waals surface area (Å²) in [6, 6.07) is 8.61. The van der Waals surface area contributed by atoms with Crippen LogP contribution in [0.4, 0.5) is 4.39 Å². The number of rotatable bonds is 1. The lowest BCUT2D eigenvalue weighted by atomic mass is 10.2. The molecule has 0 spiro atoms. The Balaban J connectivity index is 2.42. The first kappa shape index (κ1) is 14.3. The van der Waals surface area contributed by atoms with Crippen molar-refractivity contribution in [2.24, 2.45) is 0 Å². The first-order valence-corrected chi connectivity index (χ1v) is 7.90. The molecule has 0 amide bonds. The molecular weight excluding hydrogens is 430 g/mol. The third-order valence-electron chi connectivity index (χ3n) is 2.87. The lowest BCUT2D eigenvalue weighted by molar-refractivity contribution is 0.629. The molecule has 3 aromatic rings. The lowest BCUT2D eigenvalue weighted by Gasteiger charge is -2.08. The molecule has 0 aliphatic rings. The van der Waals surface area contributed by atoms with Crippen molar-refractivity contribution in [3.63, 3.8) is 0 Å². The molecular formula is C13H6Br2ClFN2S. The Labute approximate surface area is 140 Å². The molecule has 0 bridgehead atoms. The summed E-state index contributed by atoms with van der Waals surface area (Å²) in [5.74, 6) is -0.479. The van der Waals surface area contributed by atoms with Gasteiger partial charge in [-0.1, -0.05) is 27.5 Å². The third kappa shape index (κ3) is 2.35. The molecule has 20 heavy (non-hydrogen) atoms. The fourth-order valence-corrected chi connectivity index (χ4v) is 3.24. The number of nitrogens with one attached hydrogen (secondary N) is 1. The van der Waals surface area contributed by atoms with E-state index in [1.807, 2.05) is 18.2 Å². The average molecular weight is 437 g/mol. The number of hydrogen-bond acceptors (Lipinski definition) is 1. The van der Waals surface area contributed by atoms with Gasteiger partial charge in [-0.2, -0.15) is 0 Å². The van der Waals surface area contributed by atoms with Crippen molar-refractivity contribution in [3.8, 4) is 5.69 Å². The van der Waals surface area contributed by atoms with Crippen molar-refractivity contribution in [3.05, 3.63) is 54.9 Å². The van der Waals surface area contributed by atoms with E-state index >= 15 is 0 Å². The predicted octanol–water partition coefficient (Wildman–Crippen LogP) is 6.01. The molecule has 1 aromatic heterocycles. The van der Waals surface area contributed by atoms with Gasteiger partial charge in [0, 0.05) is 15.0 Å². The average Bonchev–Trinajstić information content (AvgIpc) is 2.69. The van der Waals surface area contributed by atoms with Crippen molar-refractivity contribution in [1.29, 1.82) is 0 Å². The minimum Gasteiger partial charge on any atom is -0.330 e. The van der Waals surface area contributed by atoms with Crippen LogP contribution in [-0.4, -0.2) is 9.55 Å². The molecule has 0 saturated carbocycles. The zero-order valence-corrected chi connectivity index (χ0v) is 14.5. The zero-order valence-electron chi connectivity index (χ0n) is 9.75. The van der Waals surface area contributed by atoms with Crippen LogP contribution in [0.15, 0.2) is 39.3 Å². The summed E-state index contributed by atoms with van der Waals surface area (Å²) >= 11 is 18.0. The molecule has 1 N–H and O–H groups in total. The highest BCUT2D eigenvalue weighted by atomic mass is 79.9. The van der Waals surface area contributed by atoms with Gasteiger partial charge < -0.3 is 4.98 Å². The molecule has 7 heteroatoms. The van der Waals surface area contributed by atoms with E-state index in [1.54, 1.807) is 4.57 Å². The van der Waals surface area contributed by atoms with Crippen molar-refractivity contribution < 1.29 is 4.39 Å². The number of aromatic amines is 1. The van der Waals surface area contributed by atoms with Crippen LogP contribution in [0, 0.1) is 10.6 Å². The number of nitrogens with zero attached hydrogens (tertiary/aromatic N) is 1. The molecule has 0 fully saturated rings. The van der Waals surface area contributed by atoms with Crippen LogP contribution >= 0.6 is 55.7 Å². The summed E-state index contributed by atoms with van der Waals surface area (Å²) in [5, 5.41) is 0.0641. The summed E-state index contributed by atoms with van der Waals surface area (Å²) in [6.45, 7) is 0. The van der Waals surface area contributed by atoms with Crippen LogP contribution in [0.1, 0.15) is 0 Å². The molecule has 1 heterocycles. The van der Waals surface area contributed by atoms with Crippen molar-refractivity contribution in [2.45, 2.75) is 0 Å². The number of aromatic nitrogens is 2. The minimum absolute atomic E-state index is 0.0641. The number of H-pyrrole nitrogens is 1. The second-order valence-electron chi connectivity index (χ2n) is 4.14. The second-order valence-corrected chi connectivity index (χ2v) is 6.71. The van der Waals surface area contributed by atoms with Gasteiger partial charge in [0.25, 0.3) is 0 Å². The highest BCUT2D eigenvalue weighted by molar-refractivity contribution is 9.11. The summed E-state index contributed by atoms with van der Waals surface area (Å²) in [7, 11) is 0. The monoisotopic (exact) mass is 434 g/mol. The number of hydrogen-bond donors (Lipinski definition) is 1. The molecule has 3 rings (SSSR count). The standard InChI is InChI=1S/C13H6Br2ClFN2S/c14-6-1-2-7(15)11(3-6)19-12-5-9(17)8(16)4-10(12)18-13(19)20/h1-5H,(H,18,20). The van der Waals surface area contributed by atoms with Gasteiger partial charge in [-0.3, -0.25) is 4.57 Å². The molecule has 0 unspecified atom stereocenters. The topological polar surface area (TPSA) is 20.7 Å². The second kappa shape index (κ2) is 5.26. The summed E-state index contributed by atoms with van der Waals surface area (Å²) < 4.78 is 17.7. The molecule has 0 aliphatic carbocycles. The molecule has 0 atom stereocenters. The lowest BCUT2D eigenvalue weighted by Crippen LogP contribution is -1.96. The zero-order chi connectivity index (χ0) is 14.4. The van der Waals surface area contributed by atoms with E-state index in [1.165, 1.54) is 12.1 Å². The highest BCUT2D eigenvalue weighted by Gasteiger charge is 2.12. The van der Waals surface area contributed by atoms with Crippen LogP contribution in [0.25, 0.3) is 16.7 Å². The van der Waals surface area contributed by atoms with Gasteiger partial charge in [0.1, 0.15) is 5.82 Å². The van der Waals surface area contributed by atoms with E-state index in [9.17, 15) is 4.39 Å². The molecule has 2 nitrogen and oxygen atoms in total. The predicted molar refractivity (Wildman–Crippen MR) is 88.8 cm³/mol. The molecule has 0 saturated heterocycles. The summed E-state index contributed by atoms with van der Waals surface area (Å²) in [4.78, 5) is 3.03. The molecule has 0 aliphatic heterocycles. The van der Waals surface area contributed by atoms with Crippen LogP contribution in [0.3, 0.4) is 0 Å². The van der Waals surface area contributed by atoms with Gasteiger partial charge in [0.05, 0.1) is 21.7 Å². The van der Waals surface area contributed by atoms with E-state index in [4.69, 9.17) is 23.8 Å². The van der Waals surface area contributed by atoms with Crippen molar-refractivity contribution in [1.82, 2.24) is 9.55 Å². The first-order valence-electron chi connectivity index (χ1n) is 5.52. The van der Waals surface area contributed by atoms with Crippen LogP contribution in [0.2, 0.25) is 5.02 Å². The van der Waals surface area contributed by atoms with Gasteiger partial charge in [-0.25, -0.2) is 4.39 Å². The van der Waals surface area contributed by atoms with Crippen molar-refractivity contribution in [2.75, 3.05) is 0 Å². The number of imidazole rings is 1. The quantitative estimate of drug-likeness (QED) is 0.464. The minimum atomic E-state index is -0.479. The fraction of sp³-hybridized carbons (Fsp3) is 0. The maximum Gasteiger partial charge on any atom is 0.182 e. The third-order valence-corrected chi connectivity index (χ3v) is 4.61. The summed E-state index contributed by atoms with van der Waals surface area (Å²) in [6.07, 6.45) is 0. The van der Waals surface area contributed by atoms with Gasteiger partial charge in [0.15, 0.2) is 4.77 Å². The number of benzene rings is 2. The van der Waals surface area contributed by atoms with Gasteiger partial charge in [0.2, 0.25) is 0 Å². The normalized spacial score (nSPS) is 11.2. The highest BCUT2D eigenvalue weighted by Crippen LogP contribution is 2.30. The fourth-order valence-electron chi connectivity index (χ4n) is 2.00. The van der Waals surface area contributed by atoms with Gasteiger partial charge >= 0.3 is 0 Å². The molecule has 102 valence electrons. The molecule has 0 radical (unpaired) electrons. The largest absolute Gasteiger partial charge is 0.330 e. The Kier molecular flexibility index (Phi) is 3.75. The van der Waals surface area contributed by atoms with Gasteiger partial charge in [-0.05, 0) is 52.4 Å². The van der Waals surface area contributed by atoms with Crippen molar-refractivity contribution >= 4 is 66.7 Å². The van der Waals surface area contributed by atoms with Crippen LogP contribution in [0.5, 0.6) is 0 Å². The number of halogens is 4. The maximum atomic E-state index is 13.7. The Morgan fingerprint density at radius 3 is 2.70 bits per heavy atom. The molecule has 2 aromatic carbocycles.